The van der Waals surface area contributed by atoms with Gasteiger partial charge in [-0.2, -0.15) is 0 Å². The molecule has 2 aromatic carbocycles. The van der Waals surface area contributed by atoms with Gasteiger partial charge < -0.3 is 10.2 Å². The van der Waals surface area contributed by atoms with Gasteiger partial charge in [0.05, 0.1) is 17.4 Å². The van der Waals surface area contributed by atoms with Crippen molar-refractivity contribution in [2.45, 2.75) is 6.54 Å². The third-order valence-corrected chi connectivity index (χ3v) is 3.90. The number of fused-ring (bicyclic) bond motifs is 2. The Bertz CT molecular complexity index is 1090. The van der Waals surface area contributed by atoms with Crippen LogP contribution in [0.1, 0.15) is 5.76 Å². The van der Waals surface area contributed by atoms with Crippen molar-refractivity contribution in [2.24, 2.45) is 5.73 Å². The standard InChI is InChI=1S/C19H14N2O2.ClH/c20-10-15-9-18(22)16-8-12(5-6-19(16)23-15)14-7-13-3-1-2-4-17(13)21-11-14;/h1-9,11H,10,20H2;1H. The van der Waals surface area contributed by atoms with Gasteiger partial charge in [-0.3, -0.25) is 9.78 Å². The van der Waals surface area contributed by atoms with Crippen LogP contribution < -0.4 is 11.2 Å². The minimum absolute atomic E-state index is 0. The summed E-state index contributed by atoms with van der Waals surface area (Å²) in [6, 6.07) is 17.0. The van der Waals surface area contributed by atoms with E-state index in [1.54, 1.807) is 6.07 Å². The largest absolute Gasteiger partial charge is 0.459 e. The number of para-hydroxylation sites is 1. The molecule has 0 amide bonds. The van der Waals surface area contributed by atoms with Gasteiger partial charge in [0.2, 0.25) is 0 Å². The van der Waals surface area contributed by atoms with Crippen molar-refractivity contribution in [3.63, 3.8) is 0 Å². The molecular weight excluding hydrogens is 324 g/mol. The van der Waals surface area contributed by atoms with Crippen LogP contribution in [0.5, 0.6) is 0 Å². The lowest BCUT2D eigenvalue weighted by Gasteiger charge is -2.06. The molecule has 0 saturated carbocycles. The molecule has 0 fully saturated rings. The van der Waals surface area contributed by atoms with Crippen LogP contribution in [0.25, 0.3) is 33.0 Å². The van der Waals surface area contributed by atoms with Gasteiger partial charge in [0, 0.05) is 23.2 Å². The van der Waals surface area contributed by atoms with Gasteiger partial charge in [-0.1, -0.05) is 24.3 Å². The normalized spacial score (nSPS) is 10.7. The quantitative estimate of drug-likeness (QED) is 0.602. The van der Waals surface area contributed by atoms with Crippen LogP contribution in [-0.4, -0.2) is 4.98 Å². The molecule has 5 heteroatoms. The third kappa shape index (κ3) is 2.77. The second-order valence-electron chi connectivity index (χ2n) is 5.41. The first-order valence-corrected chi connectivity index (χ1v) is 7.36. The Morgan fingerprint density at radius 1 is 1.00 bits per heavy atom. The fraction of sp³-hybridized carbons (Fsp3) is 0.0526. The minimum Gasteiger partial charge on any atom is -0.459 e. The van der Waals surface area contributed by atoms with Crippen molar-refractivity contribution in [2.75, 3.05) is 0 Å². The van der Waals surface area contributed by atoms with Gasteiger partial charge in [0.1, 0.15) is 11.3 Å². The summed E-state index contributed by atoms with van der Waals surface area (Å²) in [4.78, 5) is 16.7. The molecular formula is C19H15ClN2O2. The maximum absolute atomic E-state index is 12.2. The topological polar surface area (TPSA) is 69.1 Å². The minimum atomic E-state index is -0.0812. The van der Waals surface area contributed by atoms with Crippen molar-refractivity contribution < 1.29 is 4.42 Å². The summed E-state index contributed by atoms with van der Waals surface area (Å²) in [6.07, 6.45) is 1.82. The molecule has 0 spiro atoms. The Labute approximate surface area is 144 Å². The van der Waals surface area contributed by atoms with Crippen molar-refractivity contribution in [1.82, 2.24) is 4.98 Å². The monoisotopic (exact) mass is 338 g/mol. The zero-order chi connectivity index (χ0) is 15.8. The molecule has 0 aliphatic rings. The number of halogens is 1. The highest BCUT2D eigenvalue weighted by Gasteiger charge is 2.07. The molecule has 24 heavy (non-hydrogen) atoms. The predicted octanol–water partition coefficient (Wildman–Crippen LogP) is 3.89. The number of hydrogen-bond acceptors (Lipinski definition) is 4. The molecule has 0 bridgehead atoms. The van der Waals surface area contributed by atoms with Gasteiger partial charge >= 0.3 is 0 Å². The molecule has 2 heterocycles. The van der Waals surface area contributed by atoms with Crippen molar-refractivity contribution >= 4 is 34.3 Å². The molecule has 4 aromatic rings. The summed E-state index contributed by atoms with van der Waals surface area (Å²) in [5.74, 6) is 0.489. The summed E-state index contributed by atoms with van der Waals surface area (Å²) >= 11 is 0. The zero-order valence-corrected chi connectivity index (χ0v) is 13.5. The van der Waals surface area contributed by atoms with E-state index in [-0.39, 0.29) is 24.4 Å². The summed E-state index contributed by atoms with van der Waals surface area (Å²) in [5, 5.41) is 1.61. The van der Waals surface area contributed by atoms with Gasteiger partial charge in [-0.15, -0.1) is 12.4 Å². The highest BCUT2D eigenvalue weighted by Crippen LogP contribution is 2.25. The van der Waals surface area contributed by atoms with Crippen LogP contribution >= 0.6 is 12.4 Å². The highest BCUT2D eigenvalue weighted by molar-refractivity contribution is 5.87. The van der Waals surface area contributed by atoms with Crippen molar-refractivity contribution in [3.05, 3.63) is 76.8 Å². The van der Waals surface area contributed by atoms with Crippen LogP contribution in [0, 0.1) is 0 Å². The average Bonchev–Trinajstić information content (AvgIpc) is 2.61. The fourth-order valence-corrected chi connectivity index (χ4v) is 2.72. The van der Waals surface area contributed by atoms with Crippen LogP contribution in [0.4, 0.5) is 0 Å². The lowest BCUT2D eigenvalue weighted by atomic mass is 10.0. The smallest absolute Gasteiger partial charge is 0.193 e. The molecule has 4 rings (SSSR count). The predicted molar refractivity (Wildman–Crippen MR) is 98.4 cm³/mol. The Balaban J connectivity index is 0.00000169. The SMILES string of the molecule is Cl.NCc1cc(=O)c2cc(-c3cnc4ccccc4c3)ccc2o1. The van der Waals surface area contributed by atoms with E-state index in [1.165, 1.54) is 6.07 Å². The Morgan fingerprint density at radius 3 is 2.67 bits per heavy atom. The molecule has 0 saturated heterocycles. The maximum atomic E-state index is 12.2. The number of hydrogen-bond donors (Lipinski definition) is 1. The number of pyridine rings is 1. The van der Waals surface area contributed by atoms with Crippen molar-refractivity contribution in [3.8, 4) is 11.1 Å². The lowest BCUT2D eigenvalue weighted by Crippen LogP contribution is -2.05. The molecule has 4 nitrogen and oxygen atoms in total. The number of nitrogens with zero attached hydrogens (tertiary/aromatic N) is 1. The zero-order valence-electron chi connectivity index (χ0n) is 12.7. The Kier molecular flexibility index (Phi) is 4.34. The van der Waals surface area contributed by atoms with E-state index in [0.29, 0.717) is 16.7 Å². The second-order valence-corrected chi connectivity index (χ2v) is 5.41. The van der Waals surface area contributed by atoms with Gasteiger partial charge in [-0.05, 0) is 29.8 Å². The maximum Gasteiger partial charge on any atom is 0.193 e. The summed E-state index contributed by atoms with van der Waals surface area (Å²) in [7, 11) is 0. The van der Waals surface area contributed by atoms with Crippen LogP contribution in [0.2, 0.25) is 0 Å². The van der Waals surface area contributed by atoms with E-state index in [1.807, 2.05) is 42.6 Å². The first kappa shape index (κ1) is 16.2. The summed E-state index contributed by atoms with van der Waals surface area (Å²) in [5.41, 5.74) is 8.86. The van der Waals surface area contributed by atoms with E-state index in [2.05, 4.69) is 11.1 Å². The Hall–Kier alpha value is -2.69. The van der Waals surface area contributed by atoms with Crippen LogP contribution in [0.3, 0.4) is 0 Å². The number of rotatable bonds is 2. The number of benzene rings is 2. The summed E-state index contributed by atoms with van der Waals surface area (Å²) in [6.45, 7) is 0.210. The van der Waals surface area contributed by atoms with E-state index < -0.39 is 0 Å². The molecule has 0 atom stereocenters. The molecule has 2 N–H and O–H groups in total. The van der Waals surface area contributed by atoms with Gasteiger partial charge in [0.25, 0.3) is 0 Å². The van der Waals surface area contributed by atoms with E-state index in [0.717, 1.165) is 22.0 Å². The van der Waals surface area contributed by atoms with Gasteiger partial charge in [-0.25, -0.2) is 0 Å². The van der Waals surface area contributed by atoms with Crippen LogP contribution in [-0.2, 0) is 6.54 Å². The fourth-order valence-electron chi connectivity index (χ4n) is 2.72. The lowest BCUT2D eigenvalue weighted by molar-refractivity contribution is 0.539. The summed E-state index contributed by atoms with van der Waals surface area (Å²) < 4.78 is 5.61. The first-order valence-electron chi connectivity index (χ1n) is 7.36. The second kappa shape index (κ2) is 6.43. The molecule has 0 radical (unpaired) electrons. The van der Waals surface area contributed by atoms with Gasteiger partial charge in [0.15, 0.2) is 5.43 Å². The Morgan fingerprint density at radius 2 is 1.83 bits per heavy atom. The third-order valence-electron chi connectivity index (χ3n) is 3.90. The average molecular weight is 339 g/mol. The van der Waals surface area contributed by atoms with E-state index in [9.17, 15) is 4.79 Å². The molecule has 2 aromatic heterocycles. The van der Waals surface area contributed by atoms with Crippen LogP contribution in [0.15, 0.2) is 70.0 Å². The molecule has 0 unspecified atom stereocenters. The van der Waals surface area contributed by atoms with E-state index >= 15 is 0 Å². The van der Waals surface area contributed by atoms with Crippen molar-refractivity contribution in [1.29, 1.82) is 0 Å². The highest BCUT2D eigenvalue weighted by atomic mass is 35.5. The number of aromatic nitrogens is 1. The molecule has 0 aliphatic heterocycles. The molecule has 0 aliphatic carbocycles. The van der Waals surface area contributed by atoms with E-state index in [4.69, 9.17) is 10.2 Å². The first-order chi connectivity index (χ1) is 11.2. The molecule has 120 valence electrons. The number of nitrogens with two attached hydrogens (primary N) is 1.